The first-order valence-electron chi connectivity index (χ1n) is 5.46. The largest absolute Gasteiger partial charge is 0.341 e. The third kappa shape index (κ3) is 4.43. The zero-order valence-electron chi connectivity index (χ0n) is 10.5. The van der Waals surface area contributed by atoms with Crippen molar-refractivity contribution in [1.29, 1.82) is 0 Å². The summed E-state index contributed by atoms with van der Waals surface area (Å²) in [6.07, 6.45) is 2.99. The SMILES string of the molecule is CC[C@H](C)[C@H](N)C(=O)N(C)C(C)CSC. The van der Waals surface area contributed by atoms with Crippen LogP contribution < -0.4 is 5.73 Å². The lowest BCUT2D eigenvalue weighted by molar-refractivity contribution is -0.133. The fourth-order valence-corrected chi connectivity index (χ4v) is 2.01. The van der Waals surface area contributed by atoms with E-state index in [9.17, 15) is 4.79 Å². The molecule has 3 nitrogen and oxygen atoms in total. The van der Waals surface area contributed by atoms with E-state index in [-0.39, 0.29) is 23.9 Å². The second-order valence-electron chi connectivity index (χ2n) is 4.16. The van der Waals surface area contributed by atoms with Crippen molar-refractivity contribution in [2.75, 3.05) is 19.1 Å². The van der Waals surface area contributed by atoms with E-state index in [1.54, 1.807) is 16.7 Å². The van der Waals surface area contributed by atoms with Crippen molar-refractivity contribution in [3.63, 3.8) is 0 Å². The minimum atomic E-state index is -0.357. The summed E-state index contributed by atoms with van der Waals surface area (Å²) >= 11 is 1.75. The van der Waals surface area contributed by atoms with Crippen LogP contribution in [0.4, 0.5) is 0 Å². The van der Waals surface area contributed by atoms with E-state index in [1.165, 1.54) is 0 Å². The molecule has 0 saturated carbocycles. The van der Waals surface area contributed by atoms with Crippen LogP contribution in [-0.4, -0.2) is 41.9 Å². The highest BCUT2D eigenvalue weighted by molar-refractivity contribution is 7.98. The molecule has 0 aliphatic carbocycles. The number of carbonyl (C=O) groups excluding carboxylic acids is 1. The van der Waals surface area contributed by atoms with Crippen LogP contribution in [0, 0.1) is 5.92 Å². The van der Waals surface area contributed by atoms with Crippen molar-refractivity contribution >= 4 is 17.7 Å². The van der Waals surface area contributed by atoms with Gasteiger partial charge in [-0.25, -0.2) is 0 Å². The standard InChI is InChI=1S/C11H24N2OS/c1-6-8(2)10(12)11(14)13(4)9(3)7-15-5/h8-10H,6-7,12H2,1-5H3/t8-,9?,10-/m0/s1. The van der Waals surface area contributed by atoms with Crippen LogP contribution in [0.2, 0.25) is 0 Å². The topological polar surface area (TPSA) is 46.3 Å². The number of likely N-dealkylation sites (N-methyl/N-ethyl adjacent to an activating group) is 1. The molecule has 0 aromatic carbocycles. The van der Waals surface area contributed by atoms with Gasteiger partial charge in [-0.2, -0.15) is 11.8 Å². The summed E-state index contributed by atoms with van der Waals surface area (Å²) in [5, 5.41) is 0. The molecule has 0 rings (SSSR count). The summed E-state index contributed by atoms with van der Waals surface area (Å²) in [5.74, 6) is 1.27. The first-order chi connectivity index (χ1) is 6.95. The van der Waals surface area contributed by atoms with E-state index >= 15 is 0 Å². The molecule has 0 bridgehead atoms. The molecule has 0 aliphatic rings. The minimum Gasteiger partial charge on any atom is -0.341 e. The lowest BCUT2D eigenvalue weighted by Crippen LogP contribution is -2.49. The maximum absolute atomic E-state index is 12.0. The number of nitrogens with zero attached hydrogens (tertiary/aromatic N) is 1. The van der Waals surface area contributed by atoms with E-state index in [1.807, 2.05) is 20.2 Å². The van der Waals surface area contributed by atoms with Crippen LogP contribution >= 0.6 is 11.8 Å². The van der Waals surface area contributed by atoms with Gasteiger partial charge in [0, 0.05) is 18.8 Å². The van der Waals surface area contributed by atoms with Gasteiger partial charge in [0.05, 0.1) is 6.04 Å². The monoisotopic (exact) mass is 232 g/mol. The molecular formula is C11H24N2OS. The molecule has 3 atom stereocenters. The minimum absolute atomic E-state index is 0.0610. The van der Waals surface area contributed by atoms with Crippen molar-refractivity contribution in [2.45, 2.75) is 39.3 Å². The molecule has 0 fully saturated rings. The number of amides is 1. The van der Waals surface area contributed by atoms with Crippen molar-refractivity contribution in [3.8, 4) is 0 Å². The van der Waals surface area contributed by atoms with E-state index in [0.29, 0.717) is 0 Å². The number of carbonyl (C=O) groups is 1. The summed E-state index contributed by atoms with van der Waals surface area (Å²) in [4.78, 5) is 13.7. The molecule has 0 spiro atoms. The highest BCUT2D eigenvalue weighted by atomic mass is 32.2. The van der Waals surface area contributed by atoms with Gasteiger partial charge in [0.2, 0.25) is 5.91 Å². The van der Waals surface area contributed by atoms with Gasteiger partial charge in [0.1, 0.15) is 0 Å². The summed E-state index contributed by atoms with van der Waals surface area (Å²) < 4.78 is 0. The molecule has 0 saturated heterocycles. The molecule has 0 aromatic rings. The van der Waals surface area contributed by atoms with Crippen LogP contribution in [0.1, 0.15) is 27.2 Å². The Morgan fingerprint density at radius 3 is 2.40 bits per heavy atom. The van der Waals surface area contributed by atoms with E-state index < -0.39 is 0 Å². The van der Waals surface area contributed by atoms with E-state index in [0.717, 1.165) is 12.2 Å². The summed E-state index contributed by atoms with van der Waals surface area (Å²) in [5.41, 5.74) is 5.91. The fourth-order valence-electron chi connectivity index (χ4n) is 1.30. The Balaban J connectivity index is 4.30. The van der Waals surface area contributed by atoms with Gasteiger partial charge in [-0.1, -0.05) is 20.3 Å². The van der Waals surface area contributed by atoms with Crippen LogP contribution in [0.25, 0.3) is 0 Å². The lowest BCUT2D eigenvalue weighted by Gasteiger charge is -2.29. The quantitative estimate of drug-likeness (QED) is 0.756. The van der Waals surface area contributed by atoms with Crippen molar-refractivity contribution in [1.82, 2.24) is 4.90 Å². The smallest absolute Gasteiger partial charge is 0.239 e. The average Bonchev–Trinajstić information content (AvgIpc) is 2.25. The first kappa shape index (κ1) is 14.8. The first-order valence-corrected chi connectivity index (χ1v) is 6.86. The average molecular weight is 232 g/mol. The second kappa shape index (κ2) is 7.12. The maximum Gasteiger partial charge on any atom is 0.239 e. The fraction of sp³-hybridized carbons (Fsp3) is 0.909. The molecule has 1 amide bonds. The van der Waals surface area contributed by atoms with Crippen molar-refractivity contribution in [3.05, 3.63) is 0 Å². The van der Waals surface area contributed by atoms with Gasteiger partial charge in [0.25, 0.3) is 0 Å². The molecule has 0 aliphatic heterocycles. The van der Waals surface area contributed by atoms with Crippen molar-refractivity contribution < 1.29 is 4.79 Å². The van der Waals surface area contributed by atoms with Crippen LogP contribution in [0.5, 0.6) is 0 Å². The lowest BCUT2D eigenvalue weighted by atomic mass is 9.99. The Labute approximate surface area is 97.8 Å². The van der Waals surface area contributed by atoms with Crippen molar-refractivity contribution in [2.24, 2.45) is 11.7 Å². The van der Waals surface area contributed by atoms with Crippen LogP contribution in [0.15, 0.2) is 0 Å². The Morgan fingerprint density at radius 2 is 2.00 bits per heavy atom. The Kier molecular flexibility index (Phi) is 7.02. The number of nitrogens with two attached hydrogens (primary N) is 1. The van der Waals surface area contributed by atoms with Gasteiger partial charge in [-0.05, 0) is 19.1 Å². The van der Waals surface area contributed by atoms with Gasteiger partial charge >= 0.3 is 0 Å². The zero-order valence-corrected chi connectivity index (χ0v) is 11.3. The van der Waals surface area contributed by atoms with Gasteiger partial charge in [0.15, 0.2) is 0 Å². The number of rotatable bonds is 6. The highest BCUT2D eigenvalue weighted by Gasteiger charge is 2.25. The molecule has 15 heavy (non-hydrogen) atoms. The van der Waals surface area contributed by atoms with Gasteiger partial charge < -0.3 is 10.6 Å². The summed E-state index contributed by atoms with van der Waals surface area (Å²) in [6, 6.07) is -0.105. The Morgan fingerprint density at radius 1 is 1.47 bits per heavy atom. The van der Waals surface area contributed by atoms with Crippen LogP contribution in [-0.2, 0) is 4.79 Å². The van der Waals surface area contributed by atoms with E-state index in [4.69, 9.17) is 5.73 Å². The summed E-state index contributed by atoms with van der Waals surface area (Å²) in [6.45, 7) is 6.14. The number of hydrogen-bond acceptors (Lipinski definition) is 3. The summed E-state index contributed by atoms with van der Waals surface area (Å²) in [7, 11) is 1.84. The van der Waals surface area contributed by atoms with Gasteiger partial charge in [-0.15, -0.1) is 0 Å². The molecule has 1 unspecified atom stereocenters. The highest BCUT2D eigenvalue weighted by Crippen LogP contribution is 2.11. The maximum atomic E-state index is 12.0. The molecule has 0 heterocycles. The number of thioether (sulfide) groups is 1. The molecule has 0 radical (unpaired) electrons. The molecular weight excluding hydrogens is 208 g/mol. The Bertz CT molecular complexity index is 199. The second-order valence-corrected chi connectivity index (χ2v) is 5.08. The predicted molar refractivity (Wildman–Crippen MR) is 68.0 cm³/mol. The molecule has 0 aromatic heterocycles. The molecule has 90 valence electrons. The Hall–Kier alpha value is -0.220. The molecule has 2 N–H and O–H groups in total. The third-order valence-corrected chi connectivity index (χ3v) is 3.77. The van der Waals surface area contributed by atoms with Gasteiger partial charge in [-0.3, -0.25) is 4.79 Å². The number of hydrogen-bond donors (Lipinski definition) is 1. The normalized spacial score (nSPS) is 16.9. The zero-order chi connectivity index (χ0) is 12.0. The predicted octanol–water partition coefficient (Wildman–Crippen LogP) is 1.57. The third-order valence-electron chi connectivity index (χ3n) is 2.96. The van der Waals surface area contributed by atoms with E-state index in [2.05, 4.69) is 13.8 Å². The molecule has 4 heteroatoms. The van der Waals surface area contributed by atoms with Crippen LogP contribution in [0.3, 0.4) is 0 Å².